The van der Waals surface area contributed by atoms with Crippen LogP contribution >= 0.6 is 23.2 Å². The number of nitrogens with zero attached hydrogens (tertiary/aromatic N) is 7. The fourth-order valence-corrected chi connectivity index (χ4v) is 8.09. The Bertz CT molecular complexity index is 1650. The van der Waals surface area contributed by atoms with Gasteiger partial charge in [0, 0.05) is 51.4 Å². The van der Waals surface area contributed by atoms with E-state index in [9.17, 15) is 0 Å². The number of nitrogens with two attached hydrogens (primary N) is 1. The maximum Gasteiger partial charge on any atom is 0.160 e. The van der Waals surface area contributed by atoms with E-state index in [0.717, 1.165) is 109 Å². The molecule has 4 aromatic rings. The van der Waals surface area contributed by atoms with Gasteiger partial charge in [0.05, 0.1) is 21.4 Å². The second-order valence-corrected chi connectivity index (χ2v) is 13.7. The minimum atomic E-state index is 0.755. The van der Waals surface area contributed by atoms with Crippen LogP contribution in [0.1, 0.15) is 72.9 Å². The highest BCUT2D eigenvalue weighted by atomic mass is 35.5. The molecule has 0 aliphatic carbocycles. The Balaban J connectivity index is 0.000000187. The van der Waals surface area contributed by atoms with Gasteiger partial charge in [0.2, 0.25) is 0 Å². The van der Waals surface area contributed by atoms with E-state index in [-0.39, 0.29) is 0 Å². The van der Waals surface area contributed by atoms with Gasteiger partial charge < -0.3 is 20.4 Å². The first-order valence-corrected chi connectivity index (χ1v) is 17.4. The van der Waals surface area contributed by atoms with Crippen LogP contribution in [0.15, 0.2) is 24.3 Å². The lowest BCUT2D eigenvalue weighted by atomic mass is 10.0. The third-order valence-corrected chi connectivity index (χ3v) is 9.59. The summed E-state index contributed by atoms with van der Waals surface area (Å²) in [5.74, 6) is 4.07. The van der Waals surface area contributed by atoms with Gasteiger partial charge in [-0.2, -0.15) is 10.2 Å². The Morgan fingerprint density at radius 2 is 1.17 bits per heavy atom. The fraction of sp³-hybridized carbons (Fsp3) is 0.500. The molecule has 0 bridgehead atoms. The topological polar surface area (TPSA) is 71.4 Å². The predicted octanol–water partition coefficient (Wildman–Crippen LogP) is 8.76. The van der Waals surface area contributed by atoms with E-state index in [2.05, 4.69) is 91.3 Å². The molecule has 0 atom stereocenters. The molecule has 0 unspecified atom stereocenters. The number of fused-ring (bicyclic) bond motifs is 2. The molecule has 2 aromatic heterocycles. The summed E-state index contributed by atoms with van der Waals surface area (Å²) in [6.45, 7) is 16.9. The molecule has 10 heteroatoms. The summed E-state index contributed by atoms with van der Waals surface area (Å²) < 4.78 is 3.83. The number of hydrogen-bond donors (Lipinski definition) is 1. The molecule has 0 fully saturated rings. The lowest BCUT2D eigenvalue weighted by molar-refractivity contribution is 0.678. The number of anilines is 6. The Morgan fingerprint density at radius 3 is 1.65 bits per heavy atom. The van der Waals surface area contributed by atoms with Crippen LogP contribution in [0.2, 0.25) is 10.0 Å². The van der Waals surface area contributed by atoms with Crippen molar-refractivity contribution in [1.82, 2.24) is 19.6 Å². The standard InChI is InChI=1S/C21H31ClN4.C15H19ClN4/c1-6-10-25(11-7-2)21-17-9-8-12-26(20(17)23-24(21)5)19-16(4)13-15(3)14-18(19)22;1-9-7-10(2)13(12(16)8-9)20-6-4-5-11-14(17)19(3)18-15(11)20/h13-14H,6-12H2,1-5H3;7-8H,4-6,17H2,1-3H3. The van der Waals surface area contributed by atoms with Crippen molar-refractivity contribution in [2.75, 3.05) is 46.6 Å². The molecule has 2 aromatic carbocycles. The van der Waals surface area contributed by atoms with Crippen LogP contribution in [-0.4, -0.2) is 45.7 Å². The fourth-order valence-electron chi connectivity index (χ4n) is 7.24. The first-order chi connectivity index (χ1) is 22.0. The maximum atomic E-state index is 6.66. The van der Waals surface area contributed by atoms with Crippen LogP contribution in [-0.2, 0) is 26.9 Å². The first kappa shape index (κ1) is 34.0. The van der Waals surface area contributed by atoms with Gasteiger partial charge in [-0.1, -0.05) is 49.2 Å². The highest BCUT2D eigenvalue weighted by Gasteiger charge is 2.30. The third-order valence-electron chi connectivity index (χ3n) is 9.01. The SMILES string of the molecule is CCCN(CCC)c1c2c(nn1C)N(c1c(C)cc(C)cc1Cl)CCC2.Cc1cc(C)c(N2CCCc3c2nn(C)c3N)c(Cl)c1. The van der Waals surface area contributed by atoms with Crippen LogP contribution in [0.3, 0.4) is 0 Å². The van der Waals surface area contributed by atoms with Crippen LogP contribution in [0.25, 0.3) is 0 Å². The summed E-state index contributed by atoms with van der Waals surface area (Å²) in [5.41, 5.74) is 15.5. The number of rotatable bonds is 7. The minimum absolute atomic E-state index is 0.755. The van der Waals surface area contributed by atoms with E-state index in [1.165, 1.54) is 33.6 Å². The molecule has 2 N–H and O–H groups in total. The Kier molecular flexibility index (Phi) is 10.5. The van der Waals surface area contributed by atoms with E-state index < -0.39 is 0 Å². The Labute approximate surface area is 285 Å². The van der Waals surface area contributed by atoms with Crippen LogP contribution < -0.4 is 20.4 Å². The molecule has 0 spiro atoms. The summed E-state index contributed by atoms with van der Waals surface area (Å²) in [4.78, 5) is 7.03. The molecule has 2 aliphatic rings. The van der Waals surface area contributed by atoms with Gasteiger partial charge in [-0.25, -0.2) is 0 Å². The minimum Gasteiger partial charge on any atom is -0.384 e. The van der Waals surface area contributed by atoms with Crippen molar-refractivity contribution in [3.8, 4) is 0 Å². The van der Waals surface area contributed by atoms with E-state index >= 15 is 0 Å². The average Bonchev–Trinajstić information content (AvgIpc) is 3.48. The Hall–Kier alpha value is -3.36. The normalized spacial score (nSPS) is 14.1. The van der Waals surface area contributed by atoms with Crippen LogP contribution in [0.5, 0.6) is 0 Å². The molecule has 0 amide bonds. The molecule has 0 saturated heterocycles. The predicted molar refractivity (Wildman–Crippen MR) is 196 cm³/mol. The van der Waals surface area contributed by atoms with Gasteiger partial charge in [-0.3, -0.25) is 9.36 Å². The van der Waals surface area contributed by atoms with Crippen molar-refractivity contribution < 1.29 is 0 Å². The third kappa shape index (κ3) is 6.56. The zero-order chi connectivity index (χ0) is 33.3. The first-order valence-electron chi connectivity index (χ1n) is 16.7. The molecule has 6 rings (SSSR count). The monoisotopic (exact) mass is 664 g/mol. The Morgan fingerprint density at radius 1 is 0.717 bits per heavy atom. The zero-order valence-corrected chi connectivity index (χ0v) is 30.4. The molecule has 0 saturated carbocycles. The van der Waals surface area contributed by atoms with Gasteiger partial charge in [0.15, 0.2) is 11.6 Å². The van der Waals surface area contributed by atoms with Gasteiger partial charge in [0.25, 0.3) is 0 Å². The molecular formula is C36H50Cl2N8. The van der Waals surface area contributed by atoms with E-state index in [0.29, 0.717) is 0 Å². The lowest BCUT2D eigenvalue weighted by Gasteiger charge is -2.31. The molecule has 248 valence electrons. The molecular weight excluding hydrogens is 615 g/mol. The number of aromatic nitrogens is 4. The van der Waals surface area contributed by atoms with Crippen molar-refractivity contribution in [2.24, 2.45) is 14.1 Å². The second-order valence-electron chi connectivity index (χ2n) is 12.9. The highest BCUT2D eigenvalue weighted by Crippen LogP contribution is 2.43. The summed E-state index contributed by atoms with van der Waals surface area (Å²) in [6, 6.07) is 8.43. The smallest absolute Gasteiger partial charge is 0.160 e. The molecule has 8 nitrogen and oxygen atoms in total. The summed E-state index contributed by atoms with van der Waals surface area (Å²) >= 11 is 13.1. The number of halogens is 2. The quantitative estimate of drug-likeness (QED) is 0.213. The van der Waals surface area contributed by atoms with Gasteiger partial charge >= 0.3 is 0 Å². The maximum absolute atomic E-state index is 6.66. The molecule has 2 aliphatic heterocycles. The van der Waals surface area contributed by atoms with Crippen molar-refractivity contribution in [3.05, 3.63) is 67.7 Å². The molecule has 46 heavy (non-hydrogen) atoms. The van der Waals surface area contributed by atoms with Crippen molar-refractivity contribution >= 4 is 57.8 Å². The van der Waals surface area contributed by atoms with Gasteiger partial charge in [-0.05, 0) is 101 Å². The highest BCUT2D eigenvalue weighted by molar-refractivity contribution is 6.34. The van der Waals surface area contributed by atoms with Crippen molar-refractivity contribution in [2.45, 2.75) is 80.1 Å². The largest absolute Gasteiger partial charge is 0.384 e. The zero-order valence-electron chi connectivity index (χ0n) is 28.8. The summed E-state index contributed by atoms with van der Waals surface area (Å²) in [6.07, 6.45) is 6.54. The summed E-state index contributed by atoms with van der Waals surface area (Å²) in [5, 5.41) is 11.1. The van der Waals surface area contributed by atoms with E-state index in [4.69, 9.17) is 34.0 Å². The van der Waals surface area contributed by atoms with Crippen molar-refractivity contribution in [1.29, 1.82) is 0 Å². The van der Waals surface area contributed by atoms with E-state index in [1.54, 1.807) is 4.68 Å². The van der Waals surface area contributed by atoms with Gasteiger partial charge in [0.1, 0.15) is 11.6 Å². The molecule has 0 radical (unpaired) electrons. The number of aryl methyl sites for hydroxylation is 6. The number of hydrogen-bond acceptors (Lipinski definition) is 6. The number of nitrogen functional groups attached to an aromatic ring is 1. The van der Waals surface area contributed by atoms with Crippen LogP contribution in [0.4, 0.5) is 34.6 Å². The van der Waals surface area contributed by atoms with Gasteiger partial charge in [-0.15, -0.1) is 0 Å². The lowest BCUT2D eigenvalue weighted by Crippen LogP contribution is -2.29. The average molecular weight is 666 g/mol. The summed E-state index contributed by atoms with van der Waals surface area (Å²) in [7, 11) is 3.96. The molecule has 4 heterocycles. The van der Waals surface area contributed by atoms with Crippen LogP contribution in [0, 0.1) is 27.7 Å². The van der Waals surface area contributed by atoms with Crippen molar-refractivity contribution in [3.63, 3.8) is 0 Å². The second kappa shape index (κ2) is 14.2. The van der Waals surface area contributed by atoms with E-state index in [1.807, 2.05) is 13.1 Å². The number of benzene rings is 2.